The summed E-state index contributed by atoms with van der Waals surface area (Å²) in [6.45, 7) is 2.40. The third kappa shape index (κ3) is 5.81. The van der Waals surface area contributed by atoms with Crippen LogP contribution in [0.25, 0.3) is 0 Å². The second kappa shape index (κ2) is 9.72. The average Bonchev–Trinajstić information content (AvgIpc) is 2.67. The molecule has 0 aliphatic heterocycles. The maximum Gasteiger partial charge on any atom is 0.329 e. The lowest BCUT2D eigenvalue weighted by Gasteiger charge is -2.21. The first kappa shape index (κ1) is 21.9. The van der Waals surface area contributed by atoms with E-state index in [-0.39, 0.29) is 5.56 Å². The normalized spacial score (nSPS) is 11.7. The average molecular weight is 408 g/mol. The molecule has 2 aromatic carbocycles. The van der Waals surface area contributed by atoms with Gasteiger partial charge in [-0.2, -0.15) is 0 Å². The molecule has 0 saturated carbocycles. The molecule has 2 aromatic rings. The number of ether oxygens (including phenoxy) is 1. The number of anilines is 1. The van der Waals surface area contributed by atoms with E-state index in [1.165, 1.54) is 18.2 Å². The number of nitrogens with one attached hydrogen (secondary N) is 2. The fourth-order valence-corrected chi connectivity index (χ4v) is 2.38. The van der Waals surface area contributed by atoms with Crippen molar-refractivity contribution in [1.82, 2.24) is 5.32 Å². The number of carbonyl (C=O) groups is 3. The van der Waals surface area contributed by atoms with Crippen LogP contribution in [0.15, 0.2) is 42.5 Å². The number of amides is 2. The lowest BCUT2D eigenvalue weighted by molar-refractivity contribution is -0.150. The molecule has 6 nitrogen and oxygen atoms in total. The van der Waals surface area contributed by atoms with Gasteiger partial charge in [-0.3, -0.25) is 9.59 Å². The summed E-state index contributed by atoms with van der Waals surface area (Å²) in [6.07, 6.45) is 0. The molecule has 0 aliphatic rings. The topological polar surface area (TPSA) is 84.5 Å². The lowest BCUT2D eigenvalue weighted by atomic mass is 10.0. The van der Waals surface area contributed by atoms with Crippen LogP contribution in [-0.2, 0) is 14.3 Å². The number of halogens is 3. The van der Waals surface area contributed by atoms with Gasteiger partial charge in [-0.1, -0.05) is 32.0 Å². The van der Waals surface area contributed by atoms with E-state index in [9.17, 15) is 27.6 Å². The Labute approximate surface area is 165 Å². The highest BCUT2D eigenvalue weighted by molar-refractivity contribution is 5.97. The van der Waals surface area contributed by atoms with E-state index in [4.69, 9.17) is 4.74 Å². The number of para-hydroxylation sites is 1. The smallest absolute Gasteiger partial charge is 0.329 e. The van der Waals surface area contributed by atoms with Crippen molar-refractivity contribution in [2.75, 3.05) is 11.9 Å². The summed E-state index contributed by atoms with van der Waals surface area (Å²) in [5.41, 5.74) is -0.916. The first-order valence-corrected chi connectivity index (χ1v) is 8.66. The van der Waals surface area contributed by atoms with E-state index in [0.717, 1.165) is 24.3 Å². The highest BCUT2D eigenvalue weighted by Gasteiger charge is 2.27. The summed E-state index contributed by atoms with van der Waals surface area (Å²) >= 11 is 0. The van der Waals surface area contributed by atoms with Crippen LogP contribution in [0.4, 0.5) is 18.9 Å². The third-order valence-corrected chi connectivity index (χ3v) is 3.90. The van der Waals surface area contributed by atoms with Gasteiger partial charge in [0.1, 0.15) is 29.2 Å². The van der Waals surface area contributed by atoms with E-state index in [1.54, 1.807) is 13.8 Å². The Hall–Kier alpha value is -3.36. The minimum Gasteiger partial charge on any atom is -0.454 e. The first-order chi connectivity index (χ1) is 13.7. The Kier molecular flexibility index (Phi) is 7.35. The summed E-state index contributed by atoms with van der Waals surface area (Å²) in [7, 11) is 0. The molecule has 0 aliphatic carbocycles. The molecule has 1 atom stereocenters. The molecule has 0 spiro atoms. The maximum absolute atomic E-state index is 13.7. The Morgan fingerprint density at radius 1 is 0.931 bits per heavy atom. The summed E-state index contributed by atoms with van der Waals surface area (Å²) in [5, 5.41) is 4.33. The fourth-order valence-electron chi connectivity index (χ4n) is 2.38. The fraction of sp³-hybridized carbons (Fsp3) is 0.250. The summed E-state index contributed by atoms with van der Waals surface area (Å²) in [5.74, 6) is -5.91. The van der Waals surface area contributed by atoms with Crippen LogP contribution >= 0.6 is 0 Å². The van der Waals surface area contributed by atoms with Gasteiger partial charge in [0, 0.05) is 0 Å². The van der Waals surface area contributed by atoms with Gasteiger partial charge in [0.05, 0.1) is 5.56 Å². The van der Waals surface area contributed by atoms with Crippen molar-refractivity contribution in [3.63, 3.8) is 0 Å². The molecule has 0 fully saturated rings. The molecule has 2 N–H and O–H groups in total. The zero-order valence-corrected chi connectivity index (χ0v) is 15.7. The molecule has 2 rings (SSSR count). The van der Waals surface area contributed by atoms with Crippen molar-refractivity contribution in [3.05, 3.63) is 65.5 Å². The van der Waals surface area contributed by atoms with Crippen molar-refractivity contribution in [2.45, 2.75) is 19.9 Å². The minimum absolute atomic E-state index is 0.251. The molecule has 9 heteroatoms. The zero-order chi connectivity index (χ0) is 21.6. The van der Waals surface area contributed by atoms with Crippen LogP contribution in [0.3, 0.4) is 0 Å². The van der Waals surface area contributed by atoms with Crippen LogP contribution in [0.2, 0.25) is 0 Å². The second-order valence-corrected chi connectivity index (χ2v) is 6.43. The van der Waals surface area contributed by atoms with Crippen LogP contribution in [0.1, 0.15) is 24.2 Å². The first-order valence-electron chi connectivity index (χ1n) is 8.66. The van der Waals surface area contributed by atoms with Crippen LogP contribution in [-0.4, -0.2) is 30.4 Å². The molecule has 0 bridgehead atoms. The lowest BCUT2D eigenvalue weighted by Crippen LogP contribution is -2.46. The highest BCUT2D eigenvalue weighted by Crippen LogP contribution is 2.17. The molecule has 0 heterocycles. The van der Waals surface area contributed by atoms with Crippen molar-refractivity contribution in [3.8, 4) is 0 Å². The maximum atomic E-state index is 13.7. The molecule has 2 amide bonds. The van der Waals surface area contributed by atoms with Crippen LogP contribution < -0.4 is 10.6 Å². The van der Waals surface area contributed by atoms with E-state index in [1.807, 2.05) is 5.32 Å². The number of rotatable bonds is 7. The Balaban J connectivity index is 1.98. The Bertz CT molecular complexity index is 898. The Morgan fingerprint density at radius 3 is 2.10 bits per heavy atom. The highest BCUT2D eigenvalue weighted by atomic mass is 19.1. The molecule has 0 aromatic heterocycles. The monoisotopic (exact) mass is 408 g/mol. The second-order valence-electron chi connectivity index (χ2n) is 6.43. The van der Waals surface area contributed by atoms with E-state index >= 15 is 0 Å². The number of esters is 1. The van der Waals surface area contributed by atoms with Gasteiger partial charge in [0.15, 0.2) is 6.61 Å². The van der Waals surface area contributed by atoms with Gasteiger partial charge >= 0.3 is 5.97 Å². The van der Waals surface area contributed by atoms with E-state index in [0.29, 0.717) is 0 Å². The van der Waals surface area contributed by atoms with Crippen LogP contribution in [0.5, 0.6) is 0 Å². The van der Waals surface area contributed by atoms with Gasteiger partial charge in [0.25, 0.3) is 11.8 Å². The third-order valence-electron chi connectivity index (χ3n) is 3.90. The number of benzene rings is 2. The van der Waals surface area contributed by atoms with Crippen molar-refractivity contribution in [2.24, 2.45) is 5.92 Å². The minimum atomic E-state index is -1.17. The van der Waals surface area contributed by atoms with Crippen molar-refractivity contribution >= 4 is 23.5 Å². The SMILES string of the molecule is CC(C)[C@H](NC(=O)c1ccccc1F)C(=O)OCC(=O)Nc1c(F)cccc1F. The molecule has 29 heavy (non-hydrogen) atoms. The van der Waals surface area contributed by atoms with Crippen molar-refractivity contribution < 1.29 is 32.3 Å². The molecule has 0 unspecified atom stereocenters. The van der Waals surface area contributed by atoms with Gasteiger partial charge < -0.3 is 15.4 Å². The number of hydrogen-bond donors (Lipinski definition) is 2. The van der Waals surface area contributed by atoms with Crippen molar-refractivity contribution in [1.29, 1.82) is 0 Å². The van der Waals surface area contributed by atoms with E-state index in [2.05, 4.69) is 5.32 Å². The van der Waals surface area contributed by atoms with Gasteiger partial charge in [-0.05, 0) is 30.2 Å². The summed E-state index contributed by atoms with van der Waals surface area (Å²) in [6, 6.07) is 7.11. The quantitative estimate of drug-likeness (QED) is 0.690. The summed E-state index contributed by atoms with van der Waals surface area (Å²) < 4.78 is 45.7. The molecular weight excluding hydrogens is 389 g/mol. The van der Waals surface area contributed by atoms with E-state index < -0.39 is 59.5 Å². The van der Waals surface area contributed by atoms with Crippen LogP contribution in [0, 0.1) is 23.4 Å². The molecule has 154 valence electrons. The molecule has 0 radical (unpaired) electrons. The van der Waals surface area contributed by atoms with Gasteiger partial charge in [-0.15, -0.1) is 0 Å². The van der Waals surface area contributed by atoms with Gasteiger partial charge in [-0.25, -0.2) is 18.0 Å². The summed E-state index contributed by atoms with van der Waals surface area (Å²) in [4.78, 5) is 36.3. The predicted octanol–water partition coefficient (Wildman–Crippen LogP) is 3.04. The standard InChI is InChI=1S/C20H19F3N2O4/c1-11(2)17(25-19(27)12-6-3-4-7-13(12)21)20(28)29-10-16(26)24-18-14(22)8-5-9-15(18)23/h3-9,11,17H,10H2,1-2H3,(H,24,26)(H,25,27)/t17-/m0/s1. The Morgan fingerprint density at radius 2 is 1.52 bits per heavy atom. The predicted molar refractivity (Wildman–Crippen MR) is 98.4 cm³/mol. The largest absolute Gasteiger partial charge is 0.454 e. The zero-order valence-electron chi connectivity index (χ0n) is 15.7. The molecular formula is C20H19F3N2O4. The number of carbonyl (C=O) groups excluding carboxylic acids is 3. The van der Waals surface area contributed by atoms with Gasteiger partial charge in [0.2, 0.25) is 0 Å². The molecule has 0 saturated heterocycles. The number of hydrogen-bond acceptors (Lipinski definition) is 4.